The molecule has 0 radical (unpaired) electrons. The minimum atomic E-state index is -0.185. The SMILES string of the molecule is CC(=O)NC1CCN(C(=O)c2cn3c(C(=O)NC4CCCC(C)(C)C4C)cccc3n2)C1. The summed E-state index contributed by atoms with van der Waals surface area (Å²) in [7, 11) is 0. The van der Waals surface area contributed by atoms with Crippen LogP contribution in [0.4, 0.5) is 0 Å². The Kier molecular flexibility index (Phi) is 5.97. The fourth-order valence-electron chi connectivity index (χ4n) is 5.05. The molecule has 8 heteroatoms. The van der Waals surface area contributed by atoms with Gasteiger partial charge in [0.2, 0.25) is 5.91 Å². The number of amides is 3. The van der Waals surface area contributed by atoms with Crippen molar-refractivity contribution in [3.05, 3.63) is 35.8 Å². The molecule has 172 valence electrons. The number of carbonyl (C=O) groups excluding carboxylic acids is 3. The lowest BCUT2D eigenvalue weighted by molar-refractivity contribution is -0.119. The molecule has 2 aromatic rings. The van der Waals surface area contributed by atoms with Gasteiger partial charge in [-0.05, 0) is 42.7 Å². The largest absolute Gasteiger partial charge is 0.352 e. The molecule has 3 heterocycles. The van der Waals surface area contributed by atoms with Crippen LogP contribution < -0.4 is 10.6 Å². The number of fused-ring (bicyclic) bond motifs is 1. The summed E-state index contributed by atoms with van der Waals surface area (Å²) in [5, 5.41) is 6.09. The number of hydrogen-bond acceptors (Lipinski definition) is 4. The molecule has 0 spiro atoms. The molecule has 1 aliphatic heterocycles. The highest BCUT2D eigenvalue weighted by Gasteiger charge is 2.37. The van der Waals surface area contributed by atoms with Crippen LogP contribution in [0, 0.1) is 11.3 Å². The molecular formula is C24H33N5O3. The van der Waals surface area contributed by atoms with Crippen LogP contribution in [0.15, 0.2) is 24.4 Å². The zero-order chi connectivity index (χ0) is 23.0. The molecule has 0 bridgehead atoms. The summed E-state index contributed by atoms with van der Waals surface area (Å²) in [5.41, 5.74) is 1.54. The molecule has 3 atom stereocenters. The zero-order valence-electron chi connectivity index (χ0n) is 19.4. The average Bonchev–Trinajstić information content (AvgIpc) is 3.37. The molecule has 1 aliphatic carbocycles. The van der Waals surface area contributed by atoms with E-state index in [-0.39, 0.29) is 35.2 Å². The van der Waals surface area contributed by atoms with Gasteiger partial charge >= 0.3 is 0 Å². The van der Waals surface area contributed by atoms with Gasteiger partial charge in [-0.1, -0.05) is 33.3 Å². The lowest BCUT2D eigenvalue weighted by atomic mass is 9.67. The first-order chi connectivity index (χ1) is 15.2. The Balaban J connectivity index is 1.52. The second-order valence-corrected chi connectivity index (χ2v) is 9.95. The topological polar surface area (TPSA) is 95.8 Å². The first kappa shape index (κ1) is 22.3. The summed E-state index contributed by atoms with van der Waals surface area (Å²) < 4.78 is 1.70. The number of aromatic nitrogens is 2. The highest BCUT2D eigenvalue weighted by molar-refractivity contribution is 5.96. The maximum atomic E-state index is 13.2. The van der Waals surface area contributed by atoms with Crippen LogP contribution in [-0.4, -0.2) is 57.2 Å². The molecule has 2 N–H and O–H groups in total. The molecule has 2 aromatic heterocycles. The molecule has 3 unspecified atom stereocenters. The van der Waals surface area contributed by atoms with Crippen molar-refractivity contribution in [1.29, 1.82) is 0 Å². The van der Waals surface area contributed by atoms with Crippen LogP contribution in [0.2, 0.25) is 0 Å². The van der Waals surface area contributed by atoms with Gasteiger partial charge in [0.25, 0.3) is 11.8 Å². The Morgan fingerprint density at radius 3 is 2.69 bits per heavy atom. The molecule has 8 nitrogen and oxygen atoms in total. The van der Waals surface area contributed by atoms with E-state index in [1.807, 2.05) is 0 Å². The first-order valence-corrected chi connectivity index (χ1v) is 11.5. The van der Waals surface area contributed by atoms with Crippen LogP contribution in [0.3, 0.4) is 0 Å². The van der Waals surface area contributed by atoms with Gasteiger partial charge in [-0.3, -0.25) is 18.8 Å². The molecule has 1 saturated carbocycles. The van der Waals surface area contributed by atoms with Crippen molar-refractivity contribution in [3.8, 4) is 0 Å². The van der Waals surface area contributed by atoms with Gasteiger partial charge in [-0.2, -0.15) is 0 Å². The van der Waals surface area contributed by atoms with Crippen LogP contribution in [-0.2, 0) is 4.79 Å². The van der Waals surface area contributed by atoms with Crippen molar-refractivity contribution in [2.75, 3.05) is 13.1 Å². The van der Waals surface area contributed by atoms with Gasteiger partial charge in [-0.25, -0.2) is 4.98 Å². The van der Waals surface area contributed by atoms with E-state index in [1.54, 1.807) is 33.7 Å². The number of imidazole rings is 1. The van der Waals surface area contributed by atoms with Gasteiger partial charge in [0.05, 0.1) is 0 Å². The molecule has 32 heavy (non-hydrogen) atoms. The maximum absolute atomic E-state index is 13.2. The number of nitrogens with one attached hydrogen (secondary N) is 2. The van der Waals surface area contributed by atoms with Crippen LogP contribution >= 0.6 is 0 Å². The Hall–Kier alpha value is -2.90. The summed E-state index contributed by atoms with van der Waals surface area (Å²) >= 11 is 0. The number of hydrogen-bond donors (Lipinski definition) is 2. The summed E-state index contributed by atoms with van der Waals surface area (Å²) in [6, 6.07) is 5.45. The number of pyridine rings is 1. The van der Waals surface area contributed by atoms with E-state index in [2.05, 4.69) is 36.4 Å². The second kappa shape index (κ2) is 8.56. The van der Waals surface area contributed by atoms with E-state index in [0.717, 1.165) is 19.3 Å². The van der Waals surface area contributed by atoms with E-state index >= 15 is 0 Å². The summed E-state index contributed by atoms with van der Waals surface area (Å²) in [4.78, 5) is 43.6. The predicted molar refractivity (Wildman–Crippen MR) is 121 cm³/mol. The van der Waals surface area contributed by atoms with E-state index in [9.17, 15) is 14.4 Å². The van der Waals surface area contributed by atoms with Crippen molar-refractivity contribution in [1.82, 2.24) is 24.9 Å². The van der Waals surface area contributed by atoms with E-state index < -0.39 is 0 Å². The fourth-order valence-corrected chi connectivity index (χ4v) is 5.05. The van der Waals surface area contributed by atoms with E-state index in [0.29, 0.717) is 36.0 Å². The monoisotopic (exact) mass is 439 g/mol. The quantitative estimate of drug-likeness (QED) is 0.766. The molecule has 4 rings (SSSR count). The van der Waals surface area contributed by atoms with Crippen LogP contribution in [0.1, 0.15) is 74.4 Å². The van der Waals surface area contributed by atoms with Crippen LogP contribution in [0.5, 0.6) is 0 Å². The van der Waals surface area contributed by atoms with E-state index in [4.69, 9.17) is 0 Å². The number of carbonyl (C=O) groups is 3. The Bertz CT molecular complexity index is 1040. The third-order valence-corrected chi connectivity index (χ3v) is 7.32. The lowest BCUT2D eigenvalue weighted by Crippen LogP contribution is -2.47. The molecule has 2 aliphatic rings. The minimum absolute atomic E-state index is 0.0310. The molecular weight excluding hydrogens is 406 g/mol. The van der Waals surface area contributed by atoms with Gasteiger partial charge in [0.15, 0.2) is 0 Å². The summed E-state index contributed by atoms with van der Waals surface area (Å²) in [5.74, 6) is -0.0431. The zero-order valence-corrected chi connectivity index (χ0v) is 19.4. The van der Waals surface area contributed by atoms with Crippen molar-refractivity contribution in [2.24, 2.45) is 11.3 Å². The van der Waals surface area contributed by atoms with Gasteiger partial charge in [0.1, 0.15) is 17.0 Å². The van der Waals surface area contributed by atoms with Crippen molar-refractivity contribution >= 4 is 23.4 Å². The third kappa shape index (κ3) is 4.36. The average molecular weight is 440 g/mol. The number of nitrogens with zero attached hydrogens (tertiary/aromatic N) is 3. The molecule has 3 amide bonds. The Morgan fingerprint density at radius 1 is 1.16 bits per heavy atom. The third-order valence-electron chi connectivity index (χ3n) is 7.32. The Labute approximate surface area is 188 Å². The standard InChI is InChI=1S/C24H33N5O3/c1-15-18(7-6-11-24(15,3)4)27-22(31)20-8-5-9-21-26-19(14-29(20)21)23(32)28-12-10-17(13-28)25-16(2)30/h5,8-9,14-15,17-18H,6-7,10-13H2,1-4H3,(H,25,30)(H,27,31). The van der Waals surface area contributed by atoms with E-state index in [1.165, 1.54) is 13.3 Å². The fraction of sp³-hybridized carbons (Fsp3) is 0.583. The van der Waals surface area contributed by atoms with Crippen molar-refractivity contribution in [3.63, 3.8) is 0 Å². The summed E-state index contributed by atoms with van der Waals surface area (Å²) in [6.45, 7) is 9.26. The van der Waals surface area contributed by atoms with Gasteiger partial charge in [-0.15, -0.1) is 0 Å². The Morgan fingerprint density at radius 2 is 1.94 bits per heavy atom. The smallest absolute Gasteiger partial charge is 0.274 e. The predicted octanol–water partition coefficient (Wildman–Crippen LogP) is 2.63. The minimum Gasteiger partial charge on any atom is -0.352 e. The number of likely N-dealkylation sites (tertiary alicyclic amines) is 1. The van der Waals surface area contributed by atoms with Crippen molar-refractivity contribution < 1.29 is 14.4 Å². The summed E-state index contributed by atoms with van der Waals surface area (Å²) in [6.07, 6.45) is 5.62. The highest BCUT2D eigenvalue weighted by atomic mass is 16.2. The van der Waals surface area contributed by atoms with Gasteiger partial charge < -0.3 is 15.5 Å². The molecule has 2 fully saturated rings. The van der Waals surface area contributed by atoms with Gasteiger partial charge in [0, 0.05) is 38.3 Å². The molecule has 0 aromatic carbocycles. The highest BCUT2D eigenvalue weighted by Crippen LogP contribution is 2.40. The molecule has 1 saturated heterocycles. The normalized spacial score (nSPS) is 25.0. The second-order valence-electron chi connectivity index (χ2n) is 9.95. The van der Waals surface area contributed by atoms with Crippen molar-refractivity contribution in [2.45, 2.75) is 65.5 Å². The van der Waals surface area contributed by atoms with Crippen LogP contribution in [0.25, 0.3) is 5.65 Å². The lowest BCUT2D eigenvalue weighted by Gasteiger charge is -2.42. The maximum Gasteiger partial charge on any atom is 0.274 e. The number of rotatable bonds is 4. The first-order valence-electron chi connectivity index (χ1n) is 11.5.